The fourth-order valence-electron chi connectivity index (χ4n) is 2.05. The van der Waals surface area contributed by atoms with Gasteiger partial charge in [0.05, 0.1) is 10.8 Å². The number of halogens is 2. The predicted molar refractivity (Wildman–Crippen MR) is 90.8 cm³/mol. The van der Waals surface area contributed by atoms with Crippen molar-refractivity contribution < 1.29 is 13.6 Å². The summed E-state index contributed by atoms with van der Waals surface area (Å²) in [7, 11) is 0. The molecular weight excluding hydrogens is 351 g/mol. The lowest BCUT2D eigenvalue weighted by molar-refractivity contribution is 0.0993. The first-order chi connectivity index (χ1) is 11.5. The van der Waals surface area contributed by atoms with Crippen LogP contribution in [0, 0.1) is 5.82 Å². The first kappa shape index (κ1) is 16.7. The maximum atomic E-state index is 13.7. The summed E-state index contributed by atoms with van der Waals surface area (Å²) in [4.78, 5) is 12.4. The molecule has 0 amide bonds. The molecule has 0 spiro atoms. The van der Waals surface area contributed by atoms with Crippen LogP contribution in [0.2, 0.25) is 5.02 Å². The van der Waals surface area contributed by atoms with Crippen LogP contribution < -0.4 is 0 Å². The predicted octanol–water partition coefficient (Wildman–Crippen LogP) is 4.89. The number of nitrogens with zero attached hydrogens (tertiary/aromatic N) is 2. The van der Waals surface area contributed by atoms with Crippen LogP contribution in [0.15, 0.2) is 58.2 Å². The lowest BCUT2D eigenvalue weighted by atomic mass is 10.1. The summed E-state index contributed by atoms with van der Waals surface area (Å²) >= 11 is 6.95. The van der Waals surface area contributed by atoms with E-state index in [9.17, 15) is 9.18 Å². The molecule has 2 aromatic carbocycles. The van der Waals surface area contributed by atoms with E-state index in [0.717, 1.165) is 11.8 Å². The van der Waals surface area contributed by atoms with E-state index in [0.29, 0.717) is 10.6 Å². The zero-order chi connectivity index (χ0) is 17.1. The van der Waals surface area contributed by atoms with Crippen LogP contribution >= 0.6 is 23.4 Å². The Hall–Kier alpha value is -2.18. The molecule has 1 aromatic heterocycles. The minimum Gasteiger partial charge on any atom is -0.411 e. The van der Waals surface area contributed by atoms with E-state index in [4.69, 9.17) is 16.0 Å². The highest BCUT2D eigenvalue weighted by molar-refractivity contribution is 8.00. The van der Waals surface area contributed by atoms with Crippen LogP contribution in [0.1, 0.15) is 17.3 Å². The van der Waals surface area contributed by atoms with E-state index in [1.165, 1.54) is 6.07 Å². The molecule has 0 N–H and O–H groups in total. The molecule has 0 bridgehead atoms. The summed E-state index contributed by atoms with van der Waals surface area (Å²) < 4.78 is 19.2. The molecule has 3 rings (SSSR count). The van der Waals surface area contributed by atoms with Crippen LogP contribution in [-0.4, -0.2) is 21.2 Å². The van der Waals surface area contributed by atoms with E-state index >= 15 is 0 Å². The maximum absolute atomic E-state index is 13.7. The van der Waals surface area contributed by atoms with Crippen molar-refractivity contribution in [3.63, 3.8) is 0 Å². The van der Waals surface area contributed by atoms with Gasteiger partial charge in [-0.1, -0.05) is 35.5 Å². The number of rotatable bonds is 5. The molecule has 3 aromatic rings. The highest BCUT2D eigenvalue weighted by Crippen LogP contribution is 2.28. The zero-order valence-electron chi connectivity index (χ0n) is 12.6. The van der Waals surface area contributed by atoms with Crippen LogP contribution in [0.25, 0.3) is 11.5 Å². The second-order valence-electron chi connectivity index (χ2n) is 4.98. The largest absolute Gasteiger partial charge is 0.411 e. The average molecular weight is 363 g/mol. The van der Waals surface area contributed by atoms with E-state index in [1.54, 1.807) is 49.4 Å². The molecule has 1 heterocycles. The topological polar surface area (TPSA) is 56.0 Å². The third-order valence-electron chi connectivity index (χ3n) is 3.29. The smallest absolute Gasteiger partial charge is 0.277 e. The zero-order valence-corrected chi connectivity index (χ0v) is 14.1. The summed E-state index contributed by atoms with van der Waals surface area (Å²) in [6.07, 6.45) is 0. The van der Waals surface area contributed by atoms with Gasteiger partial charge in [0, 0.05) is 10.6 Å². The molecule has 122 valence electrons. The van der Waals surface area contributed by atoms with Crippen molar-refractivity contribution in [3.05, 3.63) is 64.9 Å². The fraction of sp³-hybridized carbons (Fsp3) is 0.118. The Kier molecular flexibility index (Phi) is 4.97. The van der Waals surface area contributed by atoms with Gasteiger partial charge in [-0.05, 0) is 43.3 Å². The van der Waals surface area contributed by atoms with Crippen molar-refractivity contribution in [2.24, 2.45) is 0 Å². The molecule has 4 nitrogen and oxygen atoms in total. The quantitative estimate of drug-likeness (QED) is 0.477. The second kappa shape index (κ2) is 7.15. The van der Waals surface area contributed by atoms with E-state index in [1.807, 2.05) is 0 Å². The van der Waals surface area contributed by atoms with E-state index < -0.39 is 11.1 Å². The molecule has 0 saturated carbocycles. The fourth-order valence-corrected chi connectivity index (χ4v) is 2.94. The number of hydrogen-bond donors (Lipinski definition) is 0. The third-order valence-corrected chi connectivity index (χ3v) is 4.47. The molecule has 7 heteroatoms. The first-order valence-electron chi connectivity index (χ1n) is 7.09. The number of carbonyl (C=O) groups excluding carboxylic acids is 1. The number of carbonyl (C=O) groups is 1. The summed E-state index contributed by atoms with van der Waals surface area (Å²) in [6, 6.07) is 12.8. The Labute approximate surface area is 147 Å². The second-order valence-corrected chi connectivity index (χ2v) is 6.71. The summed E-state index contributed by atoms with van der Waals surface area (Å²) in [5, 5.41) is 8.06. The molecule has 1 unspecified atom stereocenters. The molecule has 0 aliphatic heterocycles. The molecule has 1 atom stereocenters. The van der Waals surface area contributed by atoms with Crippen molar-refractivity contribution in [2.75, 3.05) is 0 Å². The van der Waals surface area contributed by atoms with E-state index in [2.05, 4.69) is 10.2 Å². The highest BCUT2D eigenvalue weighted by Gasteiger charge is 2.20. The number of thioether (sulfide) groups is 1. The lowest BCUT2D eigenvalue weighted by Crippen LogP contribution is -2.13. The monoisotopic (exact) mass is 362 g/mol. The standard InChI is InChI=1S/C17H12ClFN2O2S/c1-10(15(22)11-6-8-12(18)9-7-11)24-17-21-20-16(23-17)13-4-2-3-5-14(13)19/h2-10H,1H3. The van der Waals surface area contributed by atoms with Gasteiger partial charge in [-0.2, -0.15) is 0 Å². The van der Waals surface area contributed by atoms with Crippen LogP contribution in [0.3, 0.4) is 0 Å². The molecular formula is C17H12ClFN2O2S. The molecule has 0 fully saturated rings. The van der Waals surface area contributed by atoms with Gasteiger partial charge in [0.25, 0.3) is 11.1 Å². The van der Waals surface area contributed by atoms with Gasteiger partial charge in [-0.3, -0.25) is 4.79 Å². The van der Waals surface area contributed by atoms with Crippen molar-refractivity contribution in [3.8, 4) is 11.5 Å². The molecule has 24 heavy (non-hydrogen) atoms. The van der Waals surface area contributed by atoms with Crippen LogP contribution in [0.5, 0.6) is 0 Å². The summed E-state index contributed by atoms with van der Waals surface area (Å²) in [6.45, 7) is 1.74. The van der Waals surface area contributed by atoms with Crippen LogP contribution in [-0.2, 0) is 0 Å². The van der Waals surface area contributed by atoms with Gasteiger partial charge in [-0.25, -0.2) is 4.39 Å². The minimum absolute atomic E-state index is 0.0812. The van der Waals surface area contributed by atoms with Gasteiger partial charge in [0.2, 0.25) is 0 Å². The van der Waals surface area contributed by atoms with Gasteiger partial charge < -0.3 is 4.42 Å². The van der Waals surface area contributed by atoms with Gasteiger partial charge in [0.15, 0.2) is 5.78 Å². The Morgan fingerprint density at radius 2 is 1.88 bits per heavy atom. The Morgan fingerprint density at radius 3 is 2.58 bits per heavy atom. The maximum Gasteiger partial charge on any atom is 0.277 e. The lowest BCUT2D eigenvalue weighted by Gasteiger charge is -2.07. The molecule has 0 aliphatic carbocycles. The normalized spacial score (nSPS) is 12.1. The van der Waals surface area contributed by atoms with Gasteiger partial charge in [0.1, 0.15) is 5.82 Å². The molecule has 0 aliphatic rings. The highest BCUT2D eigenvalue weighted by atomic mass is 35.5. The first-order valence-corrected chi connectivity index (χ1v) is 8.35. The van der Waals surface area contributed by atoms with Gasteiger partial charge >= 0.3 is 0 Å². The molecule has 0 saturated heterocycles. The Balaban J connectivity index is 1.73. The third kappa shape index (κ3) is 3.66. The number of hydrogen-bond acceptors (Lipinski definition) is 5. The SMILES string of the molecule is CC(Sc1nnc(-c2ccccc2F)o1)C(=O)c1ccc(Cl)cc1. The minimum atomic E-state index is -0.442. The Bertz CT molecular complexity index is 867. The van der Waals surface area contributed by atoms with Gasteiger partial charge in [-0.15, -0.1) is 10.2 Å². The number of ketones is 1. The summed E-state index contributed by atoms with van der Waals surface area (Å²) in [5.41, 5.74) is 0.779. The van der Waals surface area contributed by atoms with Crippen LogP contribution in [0.4, 0.5) is 4.39 Å². The molecule has 0 radical (unpaired) electrons. The Morgan fingerprint density at radius 1 is 1.17 bits per heavy atom. The van der Waals surface area contributed by atoms with Crippen molar-refractivity contribution >= 4 is 29.1 Å². The van der Waals surface area contributed by atoms with Crippen molar-refractivity contribution in [2.45, 2.75) is 17.4 Å². The van der Waals surface area contributed by atoms with Crippen molar-refractivity contribution in [1.82, 2.24) is 10.2 Å². The van der Waals surface area contributed by atoms with Crippen molar-refractivity contribution in [1.29, 1.82) is 0 Å². The van der Waals surface area contributed by atoms with E-state index in [-0.39, 0.29) is 22.5 Å². The average Bonchev–Trinajstić information content (AvgIpc) is 3.03. The summed E-state index contributed by atoms with van der Waals surface area (Å²) in [5.74, 6) is -0.438. The number of Topliss-reactive ketones (excluding diaryl/α,β-unsaturated/α-hetero) is 1. The number of aromatic nitrogens is 2. The number of benzene rings is 2.